The molecule has 1 amide bonds. The van der Waals surface area contributed by atoms with E-state index in [9.17, 15) is 15.0 Å². The number of fused-ring (bicyclic) bond motifs is 1. The molecule has 2 aliphatic heterocycles. The van der Waals surface area contributed by atoms with Crippen LogP contribution in [-0.4, -0.2) is 27.1 Å². The van der Waals surface area contributed by atoms with E-state index in [0.29, 0.717) is 17.1 Å². The van der Waals surface area contributed by atoms with Gasteiger partial charge in [-0.2, -0.15) is 0 Å². The van der Waals surface area contributed by atoms with Gasteiger partial charge in [0, 0.05) is 23.0 Å². The minimum atomic E-state index is -0.479. The Morgan fingerprint density at radius 2 is 1.70 bits per heavy atom. The van der Waals surface area contributed by atoms with Crippen LogP contribution in [0.4, 0.5) is 0 Å². The molecule has 7 heteroatoms. The van der Waals surface area contributed by atoms with Crippen LogP contribution in [0, 0.1) is 19.8 Å². The maximum absolute atomic E-state index is 13.6. The minimum absolute atomic E-state index is 0.0263. The molecule has 0 saturated carbocycles. The molecule has 3 aromatic rings. The molecule has 2 saturated heterocycles. The minimum Gasteiger partial charge on any atom is -0.508 e. The zero-order chi connectivity index (χ0) is 23.3. The van der Waals surface area contributed by atoms with Gasteiger partial charge in [-0.05, 0) is 54.8 Å². The number of aryl methyl sites for hydroxylation is 2. The van der Waals surface area contributed by atoms with E-state index in [4.69, 9.17) is 11.6 Å². The SMILES string of the molecule is Cc1ccc(CN2C(=O)C3NNC(c4cc(Cl)c(C)cc4O)C3C2c2cccc(O)c2)cc1. The summed E-state index contributed by atoms with van der Waals surface area (Å²) in [6.07, 6.45) is 0. The van der Waals surface area contributed by atoms with Crippen molar-refractivity contribution in [3.05, 3.63) is 93.5 Å². The number of rotatable bonds is 4. The number of benzene rings is 3. The van der Waals surface area contributed by atoms with Gasteiger partial charge in [0.15, 0.2) is 0 Å². The van der Waals surface area contributed by atoms with Gasteiger partial charge in [-0.3, -0.25) is 4.79 Å². The van der Waals surface area contributed by atoms with Crippen molar-refractivity contribution in [1.29, 1.82) is 0 Å². The van der Waals surface area contributed by atoms with Crippen molar-refractivity contribution in [1.82, 2.24) is 15.8 Å². The number of aromatic hydroxyl groups is 2. The van der Waals surface area contributed by atoms with Crippen LogP contribution in [0.25, 0.3) is 0 Å². The lowest BCUT2D eigenvalue weighted by atomic mass is 9.83. The van der Waals surface area contributed by atoms with Crippen LogP contribution in [-0.2, 0) is 11.3 Å². The van der Waals surface area contributed by atoms with E-state index in [2.05, 4.69) is 10.9 Å². The Kier molecular flexibility index (Phi) is 5.52. The molecule has 5 rings (SSSR count). The zero-order valence-corrected chi connectivity index (χ0v) is 19.2. The number of hydrogen-bond donors (Lipinski definition) is 4. The molecule has 0 bridgehead atoms. The third-order valence-corrected chi connectivity index (χ3v) is 7.15. The van der Waals surface area contributed by atoms with E-state index < -0.39 is 6.04 Å². The van der Waals surface area contributed by atoms with E-state index in [0.717, 1.165) is 22.3 Å². The Morgan fingerprint density at radius 3 is 2.42 bits per heavy atom. The largest absolute Gasteiger partial charge is 0.508 e. The van der Waals surface area contributed by atoms with Crippen molar-refractivity contribution < 1.29 is 15.0 Å². The number of hydrazine groups is 1. The average molecular weight is 464 g/mol. The Labute approximate surface area is 197 Å². The Balaban J connectivity index is 1.59. The van der Waals surface area contributed by atoms with E-state index in [1.54, 1.807) is 30.3 Å². The number of nitrogens with one attached hydrogen (secondary N) is 2. The first-order valence-corrected chi connectivity index (χ1v) is 11.4. The molecule has 0 aliphatic carbocycles. The fourth-order valence-corrected chi connectivity index (χ4v) is 5.24. The van der Waals surface area contributed by atoms with Gasteiger partial charge < -0.3 is 15.1 Å². The van der Waals surface area contributed by atoms with Gasteiger partial charge in [-0.15, -0.1) is 0 Å². The second-order valence-corrected chi connectivity index (χ2v) is 9.38. The molecule has 4 unspecified atom stereocenters. The molecule has 0 aromatic heterocycles. The number of hydrogen-bond acceptors (Lipinski definition) is 5. The highest BCUT2D eigenvalue weighted by molar-refractivity contribution is 6.31. The normalized spacial score (nSPS) is 24.3. The molecule has 170 valence electrons. The lowest BCUT2D eigenvalue weighted by molar-refractivity contribution is -0.131. The van der Waals surface area contributed by atoms with Crippen LogP contribution >= 0.6 is 11.6 Å². The molecular weight excluding hydrogens is 438 g/mol. The van der Waals surface area contributed by atoms with E-state index in [1.807, 2.05) is 49.1 Å². The summed E-state index contributed by atoms with van der Waals surface area (Å²) in [7, 11) is 0. The topological polar surface area (TPSA) is 84.8 Å². The van der Waals surface area contributed by atoms with Gasteiger partial charge in [-0.25, -0.2) is 10.9 Å². The van der Waals surface area contributed by atoms with Crippen LogP contribution < -0.4 is 10.9 Å². The lowest BCUT2D eigenvalue weighted by Crippen LogP contribution is -2.41. The Morgan fingerprint density at radius 1 is 0.970 bits per heavy atom. The summed E-state index contributed by atoms with van der Waals surface area (Å²) in [4.78, 5) is 15.4. The van der Waals surface area contributed by atoms with E-state index >= 15 is 0 Å². The van der Waals surface area contributed by atoms with Gasteiger partial charge in [0.2, 0.25) is 5.91 Å². The number of nitrogens with zero attached hydrogens (tertiary/aromatic N) is 1. The van der Waals surface area contributed by atoms with Gasteiger partial charge >= 0.3 is 0 Å². The van der Waals surface area contributed by atoms with Gasteiger partial charge in [0.25, 0.3) is 0 Å². The summed E-state index contributed by atoms with van der Waals surface area (Å²) in [6.45, 7) is 4.32. The number of amides is 1. The summed E-state index contributed by atoms with van der Waals surface area (Å²) in [5.41, 5.74) is 10.8. The highest BCUT2D eigenvalue weighted by Gasteiger charge is 2.55. The summed E-state index contributed by atoms with van der Waals surface area (Å²) >= 11 is 6.39. The second kappa shape index (κ2) is 8.37. The fourth-order valence-electron chi connectivity index (χ4n) is 5.07. The van der Waals surface area contributed by atoms with Crippen molar-refractivity contribution in [3.63, 3.8) is 0 Å². The first-order chi connectivity index (χ1) is 15.8. The standard InChI is InChI=1S/C26H26ClN3O3/c1-14-6-8-16(9-7-14)13-30-25(17-4-3-5-18(31)11-17)22-23(28-29-24(22)26(30)33)19-12-20(27)15(2)10-21(19)32/h3-12,22-25,28-29,31-32H,13H2,1-2H3. The Bertz CT molecular complexity index is 1210. The number of likely N-dealkylation sites (tertiary alicyclic amines) is 1. The summed E-state index contributed by atoms with van der Waals surface area (Å²) in [6, 6.07) is 17.5. The van der Waals surface area contributed by atoms with Crippen molar-refractivity contribution in [2.75, 3.05) is 0 Å². The number of phenols is 2. The summed E-state index contributed by atoms with van der Waals surface area (Å²) in [5, 5.41) is 21.5. The van der Waals surface area contributed by atoms with Crippen LogP contribution in [0.15, 0.2) is 60.7 Å². The maximum Gasteiger partial charge on any atom is 0.242 e. The molecule has 2 aliphatic rings. The third-order valence-electron chi connectivity index (χ3n) is 6.74. The molecule has 0 radical (unpaired) electrons. The predicted molar refractivity (Wildman–Crippen MR) is 127 cm³/mol. The Hall–Kier alpha value is -3.06. The monoisotopic (exact) mass is 463 g/mol. The summed E-state index contributed by atoms with van der Waals surface area (Å²) < 4.78 is 0. The van der Waals surface area contributed by atoms with Crippen molar-refractivity contribution in [3.8, 4) is 11.5 Å². The van der Waals surface area contributed by atoms with Crippen LogP contribution in [0.5, 0.6) is 11.5 Å². The van der Waals surface area contributed by atoms with Crippen LogP contribution in [0.2, 0.25) is 5.02 Å². The molecule has 4 N–H and O–H groups in total. The first-order valence-electron chi connectivity index (χ1n) is 11.0. The molecule has 33 heavy (non-hydrogen) atoms. The molecule has 2 fully saturated rings. The van der Waals surface area contributed by atoms with Gasteiger partial charge in [-0.1, -0.05) is 53.6 Å². The average Bonchev–Trinajstić information content (AvgIpc) is 3.32. The van der Waals surface area contributed by atoms with Gasteiger partial charge in [0.1, 0.15) is 17.5 Å². The molecule has 3 aromatic carbocycles. The summed E-state index contributed by atoms with van der Waals surface area (Å²) in [5.74, 6) is 0.0300. The first kappa shape index (κ1) is 21.8. The molecule has 0 spiro atoms. The van der Waals surface area contributed by atoms with Crippen molar-refractivity contribution >= 4 is 17.5 Å². The fraction of sp³-hybridized carbons (Fsp3) is 0.269. The lowest BCUT2D eigenvalue weighted by Gasteiger charge is -2.31. The predicted octanol–water partition coefficient (Wildman–Crippen LogP) is 4.29. The second-order valence-electron chi connectivity index (χ2n) is 8.97. The van der Waals surface area contributed by atoms with Crippen molar-refractivity contribution in [2.45, 2.75) is 38.5 Å². The number of phenolic OH excluding ortho intramolecular Hbond substituents is 2. The quantitative estimate of drug-likeness (QED) is 0.464. The van der Waals surface area contributed by atoms with E-state index in [-0.39, 0.29) is 35.4 Å². The highest BCUT2D eigenvalue weighted by atomic mass is 35.5. The molecular formula is C26H26ClN3O3. The highest BCUT2D eigenvalue weighted by Crippen LogP contribution is 2.49. The van der Waals surface area contributed by atoms with E-state index in [1.165, 1.54) is 0 Å². The number of carbonyl (C=O) groups is 1. The van der Waals surface area contributed by atoms with Crippen LogP contribution in [0.3, 0.4) is 0 Å². The molecule has 2 heterocycles. The molecule has 4 atom stereocenters. The third kappa shape index (κ3) is 3.84. The maximum atomic E-state index is 13.6. The van der Waals surface area contributed by atoms with Crippen molar-refractivity contribution in [2.24, 2.45) is 5.92 Å². The molecule has 6 nitrogen and oxygen atoms in total. The zero-order valence-electron chi connectivity index (χ0n) is 18.4. The van der Waals surface area contributed by atoms with Gasteiger partial charge in [0.05, 0.1) is 12.1 Å². The number of halogens is 1. The number of carbonyl (C=O) groups excluding carboxylic acids is 1. The smallest absolute Gasteiger partial charge is 0.242 e. The van der Waals surface area contributed by atoms with Crippen LogP contribution in [0.1, 0.15) is 39.9 Å².